The summed E-state index contributed by atoms with van der Waals surface area (Å²) in [6.45, 7) is 0.313. The third-order valence-electron chi connectivity index (χ3n) is 3.86. The maximum atomic E-state index is 13.2. The summed E-state index contributed by atoms with van der Waals surface area (Å²) < 4.78 is 29.6. The van der Waals surface area contributed by atoms with Crippen molar-refractivity contribution in [2.45, 2.75) is 18.0 Å². The first-order chi connectivity index (χ1) is 12.3. The maximum Gasteiger partial charge on any atom is 0.330 e. The van der Waals surface area contributed by atoms with Crippen LogP contribution in [0.2, 0.25) is 0 Å². The van der Waals surface area contributed by atoms with Crippen LogP contribution in [-0.2, 0) is 37.2 Å². The van der Waals surface area contributed by atoms with E-state index in [2.05, 4.69) is 0 Å². The van der Waals surface area contributed by atoms with Crippen molar-refractivity contribution in [2.24, 2.45) is 14.1 Å². The van der Waals surface area contributed by atoms with Crippen molar-refractivity contribution in [1.29, 1.82) is 0 Å². The minimum absolute atomic E-state index is 0.157. The Hall–Kier alpha value is -2.01. The second-order valence-electron chi connectivity index (χ2n) is 5.68. The third-order valence-corrected chi connectivity index (χ3v) is 7.35. The molecule has 0 bridgehead atoms. The van der Waals surface area contributed by atoms with E-state index < -0.39 is 26.2 Å². The van der Waals surface area contributed by atoms with Gasteiger partial charge < -0.3 is 4.57 Å². The van der Waals surface area contributed by atoms with Crippen molar-refractivity contribution in [3.63, 3.8) is 0 Å². The van der Waals surface area contributed by atoms with Crippen molar-refractivity contribution in [3.05, 3.63) is 71.8 Å². The molecule has 3 heterocycles. The minimum Gasteiger partial charge on any atom is -0.302 e. The van der Waals surface area contributed by atoms with Gasteiger partial charge in [0.15, 0.2) is 4.90 Å². The number of rotatable bonds is 6. The first-order valence-electron chi connectivity index (χ1n) is 7.62. The number of aromatic nitrogens is 2. The van der Waals surface area contributed by atoms with E-state index in [4.69, 9.17) is 0 Å². The van der Waals surface area contributed by atoms with E-state index in [1.165, 1.54) is 41.1 Å². The van der Waals surface area contributed by atoms with E-state index in [-0.39, 0.29) is 13.1 Å². The van der Waals surface area contributed by atoms with Crippen molar-refractivity contribution >= 4 is 32.7 Å². The van der Waals surface area contributed by atoms with Crippen molar-refractivity contribution in [2.75, 3.05) is 0 Å². The molecule has 0 amide bonds. The lowest BCUT2D eigenvalue weighted by Crippen LogP contribution is -2.42. The zero-order chi connectivity index (χ0) is 18.9. The molecule has 7 nitrogen and oxygen atoms in total. The largest absolute Gasteiger partial charge is 0.330 e. The predicted molar refractivity (Wildman–Crippen MR) is 102 cm³/mol. The smallest absolute Gasteiger partial charge is 0.302 e. The molecule has 26 heavy (non-hydrogen) atoms. The summed E-state index contributed by atoms with van der Waals surface area (Å²) in [7, 11) is -1.40. The summed E-state index contributed by atoms with van der Waals surface area (Å²) in [5.41, 5.74) is -1.40. The zero-order valence-corrected chi connectivity index (χ0v) is 16.6. The van der Waals surface area contributed by atoms with Gasteiger partial charge in [0, 0.05) is 43.1 Å². The van der Waals surface area contributed by atoms with Crippen LogP contribution in [0.15, 0.2) is 55.7 Å². The summed E-state index contributed by atoms with van der Waals surface area (Å²) in [5.74, 6) is 0. The number of hydrogen-bond acceptors (Lipinski definition) is 6. The summed E-state index contributed by atoms with van der Waals surface area (Å²) in [6.07, 6.45) is 1.09. The Bertz CT molecular complexity index is 1070. The molecule has 0 spiro atoms. The SMILES string of the molecule is Cn1cc(S(=O)(=O)N(Cc2cccs2)Cc2cccs2)c(=O)n(C)c1=O. The first-order valence-corrected chi connectivity index (χ1v) is 10.8. The van der Waals surface area contributed by atoms with E-state index in [1.807, 2.05) is 35.0 Å². The fourth-order valence-corrected chi connectivity index (χ4v) is 5.62. The second kappa shape index (κ2) is 7.31. The molecule has 0 aliphatic rings. The van der Waals surface area contributed by atoms with Gasteiger partial charge in [-0.2, -0.15) is 4.31 Å². The zero-order valence-electron chi connectivity index (χ0n) is 14.2. The van der Waals surface area contributed by atoms with E-state index in [1.54, 1.807) is 0 Å². The topological polar surface area (TPSA) is 81.4 Å². The van der Waals surface area contributed by atoms with Gasteiger partial charge in [-0.05, 0) is 22.9 Å². The first kappa shape index (κ1) is 18.8. The van der Waals surface area contributed by atoms with Crippen LogP contribution in [0.3, 0.4) is 0 Å². The number of hydrogen-bond donors (Lipinski definition) is 0. The number of thiophene rings is 2. The standard InChI is InChI=1S/C16H17N3O4S3/c1-17-11-14(15(20)18(2)16(17)21)26(22,23)19(9-12-5-3-7-24-12)10-13-6-4-8-25-13/h3-8,11H,9-10H2,1-2H3. The fourth-order valence-electron chi connectivity index (χ4n) is 2.47. The highest BCUT2D eigenvalue weighted by molar-refractivity contribution is 7.89. The van der Waals surface area contributed by atoms with Crippen LogP contribution >= 0.6 is 22.7 Å². The molecule has 3 rings (SSSR count). The quantitative estimate of drug-likeness (QED) is 0.617. The molecule has 0 atom stereocenters. The molecule has 0 aromatic carbocycles. The highest BCUT2D eigenvalue weighted by Crippen LogP contribution is 2.22. The minimum atomic E-state index is -4.09. The van der Waals surface area contributed by atoms with Gasteiger partial charge in [0.2, 0.25) is 0 Å². The van der Waals surface area contributed by atoms with Crippen LogP contribution in [0.4, 0.5) is 0 Å². The van der Waals surface area contributed by atoms with E-state index >= 15 is 0 Å². The second-order valence-corrected chi connectivity index (χ2v) is 9.65. The molecule has 138 valence electrons. The van der Waals surface area contributed by atoms with Crippen LogP contribution in [0.5, 0.6) is 0 Å². The highest BCUT2D eigenvalue weighted by atomic mass is 32.2. The van der Waals surface area contributed by atoms with Crippen LogP contribution in [-0.4, -0.2) is 21.9 Å². The lowest BCUT2D eigenvalue weighted by Gasteiger charge is -2.21. The molecular formula is C16H17N3O4S3. The number of sulfonamides is 1. The summed E-state index contributed by atoms with van der Waals surface area (Å²) >= 11 is 2.89. The average Bonchev–Trinajstić information content (AvgIpc) is 3.29. The van der Waals surface area contributed by atoms with Gasteiger partial charge in [-0.1, -0.05) is 12.1 Å². The molecule has 10 heteroatoms. The molecular weight excluding hydrogens is 394 g/mol. The van der Waals surface area contributed by atoms with Gasteiger partial charge in [-0.15, -0.1) is 22.7 Å². The Balaban J connectivity index is 2.10. The Morgan fingerprint density at radius 1 is 1.00 bits per heavy atom. The van der Waals surface area contributed by atoms with Crippen molar-refractivity contribution < 1.29 is 8.42 Å². The van der Waals surface area contributed by atoms with Crippen LogP contribution < -0.4 is 11.2 Å². The predicted octanol–water partition coefficient (Wildman–Crippen LogP) is 1.60. The third kappa shape index (κ3) is 3.58. The van der Waals surface area contributed by atoms with Gasteiger partial charge in [0.25, 0.3) is 15.6 Å². The molecule has 0 radical (unpaired) electrons. The molecule has 0 aliphatic heterocycles. The van der Waals surface area contributed by atoms with E-state index in [0.29, 0.717) is 0 Å². The maximum absolute atomic E-state index is 13.2. The molecule has 0 saturated carbocycles. The van der Waals surface area contributed by atoms with E-state index in [0.717, 1.165) is 25.1 Å². The summed E-state index contributed by atoms with van der Waals surface area (Å²) in [6, 6.07) is 7.39. The Morgan fingerprint density at radius 2 is 1.54 bits per heavy atom. The molecule has 0 saturated heterocycles. The summed E-state index contributed by atoms with van der Waals surface area (Å²) in [5, 5.41) is 3.74. The van der Waals surface area contributed by atoms with Gasteiger partial charge in [-0.3, -0.25) is 9.36 Å². The lowest BCUT2D eigenvalue weighted by atomic mass is 10.4. The number of aryl methyl sites for hydroxylation is 1. The van der Waals surface area contributed by atoms with E-state index in [9.17, 15) is 18.0 Å². The van der Waals surface area contributed by atoms with Gasteiger partial charge in [0.05, 0.1) is 0 Å². The molecule has 0 unspecified atom stereocenters. The molecule has 0 aliphatic carbocycles. The fraction of sp³-hybridized carbons (Fsp3) is 0.250. The average molecular weight is 412 g/mol. The van der Waals surface area contributed by atoms with Crippen LogP contribution in [0, 0.1) is 0 Å². The van der Waals surface area contributed by atoms with Crippen LogP contribution in [0.1, 0.15) is 9.75 Å². The Kier molecular flexibility index (Phi) is 5.28. The Labute approximate surface area is 158 Å². The molecule has 3 aromatic rings. The van der Waals surface area contributed by atoms with Crippen molar-refractivity contribution in [3.8, 4) is 0 Å². The van der Waals surface area contributed by atoms with Crippen molar-refractivity contribution in [1.82, 2.24) is 13.4 Å². The van der Waals surface area contributed by atoms with Gasteiger partial charge in [0.1, 0.15) is 0 Å². The molecule has 3 aromatic heterocycles. The molecule has 0 N–H and O–H groups in total. The van der Waals surface area contributed by atoms with Crippen LogP contribution in [0.25, 0.3) is 0 Å². The highest BCUT2D eigenvalue weighted by Gasteiger charge is 2.29. The monoisotopic (exact) mass is 411 g/mol. The normalized spacial score (nSPS) is 12.0. The summed E-state index contributed by atoms with van der Waals surface area (Å²) in [4.78, 5) is 25.6. The lowest BCUT2D eigenvalue weighted by molar-refractivity contribution is 0.404. The number of nitrogens with zero attached hydrogens (tertiary/aromatic N) is 3. The molecule has 0 fully saturated rings. The Morgan fingerprint density at radius 3 is 2.00 bits per heavy atom. The van der Waals surface area contributed by atoms with Gasteiger partial charge in [-0.25, -0.2) is 13.2 Å². The van der Waals surface area contributed by atoms with Gasteiger partial charge >= 0.3 is 5.69 Å².